The van der Waals surface area contributed by atoms with Crippen molar-refractivity contribution >= 4 is 30.2 Å². The minimum atomic E-state index is -1.60. The van der Waals surface area contributed by atoms with E-state index in [1.165, 1.54) is 83.5 Å². The van der Waals surface area contributed by atoms with Crippen molar-refractivity contribution in [3.63, 3.8) is 0 Å². The van der Waals surface area contributed by atoms with Crippen LogP contribution < -0.4 is 0 Å². The van der Waals surface area contributed by atoms with E-state index >= 15 is 0 Å². The molecule has 0 aromatic rings. The van der Waals surface area contributed by atoms with Crippen LogP contribution in [0, 0.1) is 0 Å². The Bertz CT molecular complexity index is 372. The van der Waals surface area contributed by atoms with E-state index in [1.54, 1.807) is 0 Å². The molecule has 29 heavy (non-hydrogen) atoms. The second-order valence-corrected chi connectivity index (χ2v) is 14.5. The highest BCUT2D eigenvalue weighted by molar-refractivity contribution is 9.09. The highest BCUT2D eigenvalue weighted by atomic mass is 79.9. The number of rotatable bonds is 21. The van der Waals surface area contributed by atoms with Crippen LogP contribution >= 0.6 is 15.9 Å². The Morgan fingerprint density at radius 2 is 1.17 bits per heavy atom. The fourth-order valence-electron chi connectivity index (χ4n) is 3.51. The Kier molecular flexibility index (Phi) is 20.1. The summed E-state index contributed by atoms with van der Waals surface area (Å²) >= 11 is 3.45. The van der Waals surface area contributed by atoms with Crippen LogP contribution in [0.15, 0.2) is 0 Å². The summed E-state index contributed by atoms with van der Waals surface area (Å²) in [6, 6.07) is 0. The maximum absolute atomic E-state index is 11.9. The van der Waals surface area contributed by atoms with Crippen LogP contribution in [0.1, 0.15) is 110 Å². The van der Waals surface area contributed by atoms with Crippen molar-refractivity contribution in [3.8, 4) is 0 Å². The van der Waals surface area contributed by atoms with Gasteiger partial charge in [0.25, 0.3) is 0 Å². The van der Waals surface area contributed by atoms with Gasteiger partial charge in [0.15, 0.2) is 8.32 Å². The number of carbonyl (C=O) groups is 1. The molecule has 1 atom stereocenters. The van der Waals surface area contributed by atoms with Gasteiger partial charge in [-0.3, -0.25) is 4.79 Å². The Labute approximate surface area is 191 Å². The molecule has 0 rings (SSSR count). The quantitative estimate of drug-likeness (QED) is 0.0697. The number of ether oxygens (including phenoxy) is 1. The van der Waals surface area contributed by atoms with E-state index in [-0.39, 0.29) is 12.1 Å². The summed E-state index contributed by atoms with van der Waals surface area (Å²) in [4.78, 5) is 11.9. The smallest absolute Gasteiger partial charge is 0.305 e. The maximum atomic E-state index is 11.9. The summed E-state index contributed by atoms with van der Waals surface area (Å²) in [6.07, 6.45) is 20.6. The van der Waals surface area contributed by atoms with E-state index in [0.29, 0.717) is 18.4 Å². The van der Waals surface area contributed by atoms with Crippen molar-refractivity contribution in [2.24, 2.45) is 0 Å². The fourth-order valence-corrected chi connectivity index (χ4v) is 5.22. The first-order chi connectivity index (χ1) is 13.9. The summed E-state index contributed by atoms with van der Waals surface area (Å²) in [5.41, 5.74) is 0. The average molecular weight is 494 g/mol. The van der Waals surface area contributed by atoms with Crippen LogP contribution in [0.3, 0.4) is 0 Å². The minimum Gasteiger partial charge on any atom is -0.463 e. The lowest BCUT2D eigenvalue weighted by Crippen LogP contribution is -2.36. The van der Waals surface area contributed by atoms with E-state index in [9.17, 15) is 4.79 Å². The molecule has 174 valence electrons. The molecule has 5 heteroatoms. The zero-order chi connectivity index (χ0) is 21.8. The SMILES string of the molecule is CCCCCCCCCCCCCCCCCC(=O)OC[C@@H](CBr)O[Si](C)(C)C. The van der Waals surface area contributed by atoms with Crippen molar-refractivity contribution in [1.82, 2.24) is 0 Å². The zero-order valence-electron chi connectivity index (χ0n) is 19.9. The van der Waals surface area contributed by atoms with Crippen LogP contribution in [-0.4, -0.2) is 32.3 Å². The van der Waals surface area contributed by atoms with Crippen molar-refractivity contribution < 1.29 is 14.0 Å². The summed E-state index contributed by atoms with van der Waals surface area (Å²) in [7, 11) is -1.60. The summed E-state index contributed by atoms with van der Waals surface area (Å²) < 4.78 is 11.4. The summed E-state index contributed by atoms with van der Waals surface area (Å²) in [5, 5.41) is 0.712. The lowest BCUT2D eigenvalue weighted by atomic mass is 10.0. The normalized spacial score (nSPS) is 12.9. The van der Waals surface area contributed by atoms with Gasteiger partial charge in [-0.2, -0.15) is 0 Å². The molecule has 0 radical (unpaired) electrons. The van der Waals surface area contributed by atoms with Gasteiger partial charge in [0.1, 0.15) is 6.61 Å². The number of hydrogen-bond acceptors (Lipinski definition) is 3. The number of halogens is 1. The molecule has 0 N–H and O–H groups in total. The second-order valence-electron chi connectivity index (χ2n) is 9.39. The molecule has 0 bridgehead atoms. The maximum Gasteiger partial charge on any atom is 0.305 e. The summed E-state index contributed by atoms with van der Waals surface area (Å²) in [6.45, 7) is 9.11. The Morgan fingerprint density at radius 3 is 1.55 bits per heavy atom. The van der Waals surface area contributed by atoms with Gasteiger partial charge in [0, 0.05) is 11.8 Å². The first-order valence-electron chi connectivity index (χ1n) is 12.3. The van der Waals surface area contributed by atoms with Gasteiger partial charge in [0.2, 0.25) is 0 Å². The molecule has 0 aliphatic rings. The molecule has 0 aromatic carbocycles. The molecule has 0 saturated heterocycles. The number of unbranched alkanes of at least 4 members (excludes halogenated alkanes) is 14. The van der Waals surface area contributed by atoms with Crippen molar-refractivity contribution in [3.05, 3.63) is 0 Å². The third-order valence-electron chi connectivity index (χ3n) is 5.11. The molecule has 0 amide bonds. The largest absolute Gasteiger partial charge is 0.463 e. The van der Waals surface area contributed by atoms with Gasteiger partial charge in [-0.25, -0.2) is 0 Å². The number of alkyl halides is 1. The Balaban J connectivity index is 3.36. The van der Waals surface area contributed by atoms with Crippen LogP contribution in [0.25, 0.3) is 0 Å². The molecule has 0 unspecified atom stereocenters. The third-order valence-corrected chi connectivity index (χ3v) is 6.87. The Hall–Kier alpha value is 0.127. The lowest BCUT2D eigenvalue weighted by molar-refractivity contribution is -0.146. The van der Waals surface area contributed by atoms with Crippen molar-refractivity contribution in [1.29, 1.82) is 0 Å². The number of hydrogen-bond donors (Lipinski definition) is 0. The second kappa shape index (κ2) is 20.1. The Morgan fingerprint density at radius 1 is 0.759 bits per heavy atom. The minimum absolute atomic E-state index is 0.0216. The molecule has 0 aliphatic heterocycles. The van der Waals surface area contributed by atoms with Gasteiger partial charge >= 0.3 is 5.97 Å². The predicted octanol–water partition coefficient (Wildman–Crippen LogP) is 8.41. The highest BCUT2D eigenvalue weighted by Crippen LogP contribution is 2.14. The number of esters is 1. The average Bonchev–Trinajstić information content (AvgIpc) is 2.67. The molecule has 0 saturated carbocycles. The molecule has 0 aromatic heterocycles. The van der Waals surface area contributed by atoms with E-state index in [0.717, 1.165) is 12.8 Å². The van der Waals surface area contributed by atoms with E-state index in [2.05, 4.69) is 42.5 Å². The fraction of sp³-hybridized carbons (Fsp3) is 0.958. The van der Waals surface area contributed by atoms with Crippen LogP contribution in [-0.2, 0) is 14.0 Å². The van der Waals surface area contributed by atoms with Crippen LogP contribution in [0.5, 0.6) is 0 Å². The standard InChI is InChI=1S/C24H49BrO3Si/c1-5-6-7-8-9-10-11-12-13-14-15-16-17-18-19-20-24(26)27-22-23(21-25)28-29(2,3)4/h23H,5-22H2,1-4H3/t23-/m1/s1. The molecular weight excluding hydrogens is 444 g/mol. The van der Waals surface area contributed by atoms with Crippen molar-refractivity contribution in [2.45, 2.75) is 135 Å². The highest BCUT2D eigenvalue weighted by Gasteiger charge is 2.21. The monoisotopic (exact) mass is 492 g/mol. The topological polar surface area (TPSA) is 35.5 Å². The number of carbonyl (C=O) groups excluding carboxylic acids is 1. The van der Waals surface area contributed by atoms with Crippen LogP contribution in [0.4, 0.5) is 0 Å². The van der Waals surface area contributed by atoms with Crippen molar-refractivity contribution in [2.75, 3.05) is 11.9 Å². The molecule has 0 fully saturated rings. The third kappa shape index (κ3) is 22.6. The lowest BCUT2D eigenvalue weighted by Gasteiger charge is -2.24. The molecule has 3 nitrogen and oxygen atoms in total. The molecule has 0 aliphatic carbocycles. The molecule has 0 spiro atoms. The first kappa shape index (κ1) is 29.1. The van der Waals surface area contributed by atoms with E-state index in [1.807, 2.05) is 0 Å². The molecule has 0 heterocycles. The van der Waals surface area contributed by atoms with E-state index < -0.39 is 8.32 Å². The van der Waals surface area contributed by atoms with Gasteiger partial charge in [-0.15, -0.1) is 0 Å². The summed E-state index contributed by atoms with van der Waals surface area (Å²) in [5.74, 6) is -0.0789. The van der Waals surface area contributed by atoms with Crippen LogP contribution in [0.2, 0.25) is 19.6 Å². The van der Waals surface area contributed by atoms with Gasteiger partial charge < -0.3 is 9.16 Å². The first-order valence-corrected chi connectivity index (χ1v) is 16.8. The van der Waals surface area contributed by atoms with E-state index in [4.69, 9.17) is 9.16 Å². The predicted molar refractivity (Wildman–Crippen MR) is 133 cm³/mol. The molecular formula is C24H49BrO3Si. The van der Waals surface area contributed by atoms with Gasteiger partial charge in [-0.05, 0) is 26.1 Å². The zero-order valence-corrected chi connectivity index (χ0v) is 22.5. The van der Waals surface area contributed by atoms with Gasteiger partial charge in [0.05, 0.1) is 6.10 Å². The van der Waals surface area contributed by atoms with Gasteiger partial charge in [-0.1, -0.05) is 113 Å².